The Labute approximate surface area is 117 Å². The molecule has 0 radical (unpaired) electrons. The minimum Gasteiger partial charge on any atom is -0.489 e. The second-order valence-corrected chi connectivity index (χ2v) is 4.57. The Bertz CT molecular complexity index is 647. The van der Waals surface area contributed by atoms with Gasteiger partial charge in [0.1, 0.15) is 18.2 Å². The summed E-state index contributed by atoms with van der Waals surface area (Å²) >= 11 is 0. The van der Waals surface area contributed by atoms with Crippen LogP contribution in [-0.2, 0) is 6.61 Å². The molecule has 0 amide bonds. The Morgan fingerprint density at radius 1 is 1.30 bits per heavy atom. The average molecular weight is 270 g/mol. The smallest absolute Gasteiger partial charge is 0.129 e. The predicted octanol–water partition coefficient (Wildman–Crippen LogP) is 3.30. The van der Waals surface area contributed by atoms with Crippen molar-refractivity contribution in [3.05, 3.63) is 65.0 Å². The van der Waals surface area contributed by atoms with E-state index < -0.39 is 0 Å². The van der Waals surface area contributed by atoms with Crippen molar-refractivity contribution in [2.45, 2.75) is 19.6 Å². The lowest BCUT2D eigenvalue weighted by atomic mass is 10.1. The van der Waals surface area contributed by atoms with Crippen LogP contribution in [-0.4, -0.2) is 0 Å². The van der Waals surface area contributed by atoms with E-state index in [0.717, 1.165) is 5.56 Å². The normalized spacial score (nSPS) is 11.7. The van der Waals surface area contributed by atoms with Crippen LogP contribution in [0.1, 0.15) is 29.7 Å². The number of nitrogens with zero attached hydrogens (tertiary/aromatic N) is 1. The molecule has 0 aliphatic heterocycles. The van der Waals surface area contributed by atoms with Crippen LogP contribution >= 0.6 is 0 Å². The van der Waals surface area contributed by atoms with Gasteiger partial charge >= 0.3 is 0 Å². The zero-order valence-electron chi connectivity index (χ0n) is 11.1. The van der Waals surface area contributed by atoms with Crippen molar-refractivity contribution in [1.82, 2.24) is 0 Å². The third-order valence-electron chi connectivity index (χ3n) is 2.95. The minimum atomic E-state index is -0.382. The quantitative estimate of drug-likeness (QED) is 0.927. The van der Waals surface area contributed by atoms with Gasteiger partial charge in [-0.2, -0.15) is 5.26 Å². The topological polar surface area (TPSA) is 59.0 Å². The van der Waals surface area contributed by atoms with Crippen molar-refractivity contribution in [2.24, 2.45) is 5.73 Å². The highest BCUT2D eigenvalue weighted by molar-refractivity contribution is 5.34. The van der Waals surface area contributed by atoms with Crippen LogP contribution in [0.2, 0.25) is 0 Å². The third kappa shape index (κ3) is 3.34. The maximum Gasteiger partial charge on any atom is 0.129 e. The maximum atomic E-state index is 13.6. The molecule has 102 valence electrons. The first-order valence-corrected chi connectivity index (χ1v) is 6.27. The van der Waals surface area contributed by atoms with Crippen molar-refractivity contribution < 1.29 is 9.13 Å². The molecule has 0 spiro atoms. The molecule has 2 rings (SSSR count). The molecule has 0 saturated heterocycles. The molecule has 0 aliphatic carbocycles. The summed E-state index contributed by atoms with van der Waals surface area (Å²) in [4.78, 5) is 0. The van der Waals surface area contributed by atoms with Crippen LogP contribution in [0.5, 0.6) is 5.75 Å². The zero-order chi connectivity index (χ0) is 14.5. The van der Waals surface area contributed by atoms with E-state index >= 15 is 0 Å². The van der Waals surface area contributed by atoms with Crippen molar-refractivity contribution in [3.8, 4) is 11.8 Å². The van der Waals surface area contributed by atoms with E-state index in [2.05, 4.69) is 0 Å². The SMILES string of the molecule is CC(N)c1cccc(OCc2cc(C#N)ccc2F)c1. The highest BCUT2D eigenvalue weighted by Gasteiger charge is 2.06. The monoisotopic (exact) mass is 270 g/mol. The molecule has 0 aromatic heterocycles. The summed E-state index contributed by atoms with van der Waals surface area (Å²) in [7, 11) is 0. The van der Waals surface area contributed by atoms with Crippen LogP contribution in [0.15, 0.2) is 42.5 Å². The summed E-state index contributed by atoms with van der Waals surface area (Å²) in [5.41, 5.74) is 7.52. The molecule has 2 N–H and O–H groups in total. The second-order valence-electron chi connectivity index (χ2n) is 4.57. The first kappa shape index (κ1) is 14.0. The Kier molecular flexibility index (Phi) is 4.34. The van der Waals surface area contributed by atoms with Crippen molar-refractivity contribution >= 4 is 0 Å². The average Bonchev–Trinajstić information content (AvgIpc) is 2.46. The minimum absolute atomic E-state index is 0.0732. The molecule has 0 aliphatic rings. The Morgan fingerprint density at radius 2 is 2.10 bits per heavy atom. The molecule has 2 aromatic rings. The van der Waals surface area contributed by atoms with Crippen LogP contribution in [0.25, 0.3) is 0 Å². The van der Waals surface area contributed by atoms with Crippen LogP contribution in [0, 0.1) is 17.1 Å². The van der Waals surface area contributed by atoms with Gasteiger partial charge in [-0.3, -0.25) is 0 Å². The Morgan fingerprint density at radius 3 is 2.80 bits per heavy atom. The largest absolute Gasteiger partial charge is 0.489 e. The second kappa shape index (κ2) is 6.18. The molecule has 0 bridgehead atoms. The van der Waals surface area contributed by atoms with Crippen molar-refractivity contribution in [1.29, 1.82) is 5.26 Å². The van der Waals surface area contributed by atoms with Gasteiger partial charge in [0.15, 0.2) is 0 Å². The molecule has 2 aromatic carbocycles. The zero-order valence-corrected chi connectivity index (χ0v) is 11.1. The van der Waals surface area contributed by atoms with Gasteiger partial charge in [0.25, 0.3) is 0 Å². The van der Waals surface area contributed by atoms with Gasteiger partial charge in [-0.1, -0.05) is 12.1 Å². The van der Waals surface area contributed by atoms with E-state index in [1.165, 1.54) is 18.2 Å². The molecular formula is C16H15FN2O. The molecule has 3 nitrogen and oxygen atoms in total. The summed E-state index contributed by atoms with van der Waals surface area (Å²) in [5, 5.41) is 8.81. The number of rotatable bonds is 4. The number of hydrogen-bond donors (Lipinski definition) is 1. The van der Waals surface area contributed by atoms with Gasteiger partial charge in [0.05, 0.1) is 11.6 Å². The van der Waals surface area contributed by atoms with Gasteiger partial charge < -0.3 is 10.5 Å². The first-order chi connectivity index (χ1) is 9.60. The van der Waals surface area contributed by atoms with E-state index in [4.69, 9.17) is 15.7 Å². The maximum absolute atomic E-state index is 13.6. The highest BCUT2D eigenvalue weighted by Crippen LogP contribution is 2.19. The molecule has 4 heteroatoms. The van der Waals surface area contributed by atoms with E-state index in [1.54, 1.807) is 6.07 Å². The molecule has 0 heterocycles. The summed E-state index contributed by atoms with van der Waals surface area (Å²) in [6, 6.07) is 13.5. The Balaban J connectivity index is 2.13. The summed E-state index contributed by atoms with van der Waals surface area (Å²) < 4.78 is 19.2. The number of nitriles is 1. The number of benzene rings is 2. The fourth-order valence-corrected chi connectivity index (χ4v) is 1.80. The van der Waals surface area contributed by atoms with Crippen molar-refractivity contribution in [2.75, 3.05) is 0 Å². The van der Waals surface area contributed by atoms with E-state index in [0.29, 0.717) is 16.9 Å². The van der Waals surface area contributed by atoms with Gasteiger partial charge in [0, 0.05) is 11.6 Å². The van der Waals surface area contributed by atoms with E-state index in [1.807, 2.05) is 31.2 Å². The number of nitrogens with two attached hydrogens (primary N) is 1. The lowest BCUT2D eigenvalue weighted by Gasteiger charge is -2.10. The standard InChI is InChI=1S/C16H15FN2O/c1-11(19)13-3-2-4-15(8-13)20-10-14-7-12(9-18)5-6-16(14)17/h2-8,11H,10,19H2,1H3. The molecule has 20 heavy (non-hydrogen) atoms. The highest BCUT2D eigenvalue weighted by atomic mass is 19.1. The third-order valence-corrected chi connectivity index (χ3v) is 2.95. The van der Waals surface area contributed by atoms with Gasteiger partial charge in [-0.25, -0.2) is 4.39 Å². The summed E-state index contributed by atoms with van der Waals surface area (Å²) in [5.74, 6) is 0.244. The lowest BCUT2D eigenvalue weighted by Crippen LogP contribution is -2.05. The molecule has 0 saturated carbocycles. The molecule has 1 atom stereocenters. The van der Waals surface area contributed by atoms with Crippen molar-refractivity contribution in [3.63, 3.8) is 0 Å². The fraction of sp³-hybridized carbons (Fsp3) is 0.188. The number of hydrogen-bond acceptors (Lipinski definition) is 3. The van der Waals surface area contributed by atoms with E-state index in [-0.39, 0.29) is 18.5 Å². The van der Waals surface area contributed by atoms with Gasteiger partial charge in [-0.05, 0) is 42.8 Å². The van der Waals surface area contributed by atoms with Gasteiger partial charge in [-0.15, -0.1) is 0 Å². The lowest BCUT2D eigenvalue weighted by molar-refractivity contribution is 0.299. The number of ether oxygens (including phenoxy) is 1. The molecular weight excluding hydrogens is 255 g/mol. The predicted molar refractivity (Wildman–Crippen MR) is 74.5 cm³/mol. The van der Waals surface area contributed by atoms with Crippen LogP contribution < -0.4 is 10.5 Å². The first-order valence-electron chi connectivity index (χ1n) is 6.27. The van der Waals surface area contributed by atoms with E-state index in [9.17, 15) is 4.39 Å². The van der Waals surface area contributed by atoms with Crippen LogP contribution in [0.3, 0.4) is 0 Å². The molecule has 1 unspecified atom stereocenters. The summed E-state index contributed by atoms with van der Waals surface area (Å²) in [6.45, 7) is 1.96. The van der Waals surface area contributed by atoms with Gasteiger partial charge in [0.2, 0.25) is 0 Å². The summed E-state index contributed by atoms with van der Waals surface area (Å²) in [6.07, 6.45) is 0. The fourth-order valence-electron chi connectivity index (χ4n) is 1.80. The van der Waals surface area contributed by atoms with Crippen LogP contribution in [0.4, 0.5) is 4.39 Å². The number of halogens is 1. The Hall–Kier alpha value is -2.38. The molecule has 0 fully saturated rings.